The van der Waals surface area contributed by atoms with Gasteiger partial charge < -0.3 is 14.5 Å². The van der Waals surface area contributed by atoms with E-state index >= 15 is 0 Å². The first kappa shape index (κ1) is 13.7. The molecule has 3 nitrogen and oxygen atoms in total. The molecule has 102 valence electrons. The zero-order chi connectivity index (χ0) is 13.7. The number of hydrogen-bond donors (Lipinski definition) is 1. The van der Waals surface area contributed by atoms with Crippen LogP contribution in [0.5, 0.6) is 5.75 Å². The molecule has 2 rings (SSSR count). The first-order chi connectivity index (χ1) is 9.19. The predicted octanol–water partition coefficient (Wildman–Crippen LogP) is 3.84. The quantitative estimate of drug-likeness (QED) is 0.856. The van der Waals surface area contributed by atoms with Gasteiger partial charge in [0.25, 0.3) is 0 Å². The largest absolute Gasteiger partial charge is 0.494 e. The summed E-state index contributed by atoms with van der Waals surface area (Å²) in [4.78, 5) is 0. The molecule has 0 spiro atoms. The molecule has 1 aromatic carbocycles. The molecule has 0 saturated heterocycles. The van der Waals surface area contributed by atoms with Gasteiger partial charge in [0.1, 0.15) is 17.3 Å². The van der Waals surface area contributed by atoms with Crippen LogP contribution in [0.15, 0.2) is 40.8 Å². The van der Waals surface area contributed by atoms with Gasteiger partial charge in [-0.3, -0.25) is 0 Å². The summed E-state index contributed by atoms with van der Waals surface area (Å²) in [5.74, 6) is 2.83. The second-order valence-electron chi connectivity index (χ2n) is 4.62. The van der Waals surface area contributed by atoms with E-state index in [4.69, 9.17) is 9.15 Å². The number of aryl methyl sites for hydroxylation is 1. The van der Waals surface area contributed by atoms with Crippen LogP contribution in [0.1, 0.15) is 37.0 Å². The smallest absolute Gasteiger partial charge is 0.119 e. The molecule has 0 unspecified atom stereocenters. The Balaban J connectivity index is 1.90. The molecular weight excluding hydrogens is 238 g/mol. The van der Waals surface area contributed by atoms with Gasteiger partial charge in [-0.1, -0.05) is 12.1 Å². The fraction of sp³-hybridized carbons (Fsp3) is 0.375. The average Bonchev–Trinajstić information content (AvgIpc) is 2.83. The van der Waals surface area contributed by atoms with Crippen LogP contribution in [-0.2, 0) is 6.54 Å². The van der Waals surface area contributed by atoms with Crippen LogP contribution in [0, 0.1) is 6.92 Å². The summed E-state index contributed by atoms with van der Waals surface area (Å²) in [6, 6.07) is 12.5. The summed E-state index contributed by atoms with van der Waals surface area (Å²) in [6.45, 7) is 7.53. The maximum atomic E-state index is 5.54. The van der Waals surface area contributed by atoms with Gasteiger partial charge in [-0.2, -0.15) is 0 Å². The van der Waals surface area contributed by atoms with E-state index in [0.29, 0.717) is 6.61 Å². The summed E-state index contributed by atoms with van der Waals surface area (Å²) in [7, 11) is 0. The Morgan fingerprint density at radius 1 is 1.16 bits per heavy atom. The van der Waals surface area contributed by atoms with Crippen molar-refractivity contribution >= 4 is 0 Å². The SMILES string of the molecule is CCOc1ccc([C@H](C)NCc2ccc(C)o2)cc1. The third-order valence-corrected chi connectivity index (χ3v) is 3.07. The highest BCUT2D eigenvalue weighted by atomic mass is 16.5. The van der Waals surface area contributed by atoms with Crippen molar-refractivity contribution in [1.29, 1.82) is 0 Å². The van der Waals surface area contributed by atoms with Crippen LogP contribution < -0.4 is 10.1 Å². The van der Waals surface area contributed by atoms with Gasteiger partial charge in [0.2, 0.25) is 0 Å². The van der Waals surface area contributed by atoms with E-state index in [1.54, 1.807) is 0 Å². The molecule has 0 aliphatic carbocycles. The second kappa shape index (κ2) is 6.43. The Hall–Kier alpha value is -1.74. The van der Waals surface area contributed by atoms with E-state index in [1.807, 2.05) is 38.1 Å². The summed E-state index contributed by atoms with van der Waals surface area (Å²) >= 11 is 0. The molecule has 0 aliphatic heterocycles. The molecule has 2 aromatic rings. The number of furan rings is 1. The highest BCUT2D eigenvalue weighted by Crippen LogP contribution is 2.18. The van der Waals surface area contributed by atoms with Crippen LogP contribution in [0.25, 0.3) is 0 Å². The van der Waals surface area contributed by atoms with Crippen LogP contribution in [0.2, 0.25) is 0 Å². The van der Waals surface area contributed by atoms with Crippen molar-refractivity contribution < 1.29 is 9.15 Å². The van der Waals surface area contributed by atoms with E-state index in [2.05, 4.69) is 24.4 Å². The third kappa shape index (κ3) is 3.86. The van der Waals surface area contributed by atoms with E-state index < -0.39 is 0 Å². The zero-order valence-electron chi connectivity index (χ0n) is 11.8. The standard InChI is InChI=1S/C16H21NO2/c1-4-18-15-9-6-14(7-10-15)13(3)17-11-16-8-5-12(2)19-16/h5-10,13,17H,4,11H2,1-3H3/t13-/m0/s1. The van der Waals surface area contributed by atoms with Crippen molar-refractivity contribution in [1.82, 2.24) is 5.32 Å². The Morgan fingerprint density at radius 3 is 2.47 bits per heavy atom. The maximum Gasteiger partial charge on any atom is 0.119 e. The molecule has 3 heteroatoms. The lowest BCUT2D eigenvalue weighted by Gasteiger charge is -2.14. The van der Waals surface area contributed by atoms with E-state index in [1.165, 1.54) is 5.56 Å². The normalized spacial score (nSPS) is 12.4. The number of nitrogens with one attached hydrogen (secondary N) is 1. The van der Waals surface area contributed by atoms with Gasteiger partial charge >= 0.3 is 0 Å². The van der Waals surface area contributed by atoms with Crippen molar-refractivity contribution in [3.8, 4) is 5.75 Å². The number of hydrogen-bond acceptors (Lipinski definition) is 3. The number of rotatable bonds is 6. The first-order valence-corrected chi connectivity index (χ1v) is 6.70. The molecule has 1 aromatic heterocycles. The van der Waals surface area contributed by atoms with E-state index in [0.717, 1.165) is 23.8 Å². The number of benzene rings is 1. The predicted molar refractivity (Wildman–Crippen MR) is 76.3 cm³/mol. The maximum absolute atomic E-state index is 5.54. The van der Waals surface area contributed by atoms with Crippen molar-refractivity contribution in [3.05, 3.63) is 53.5 Å². The summed E-state index contributed by atoms with van der Waals surface area (Å²) in [6.07, 6.45) is 0. The molecule has 0 bridgehead atoms. The van der Waals surface area contributed by atoms with Gasteiger partial charge in [0, 0.05) is 6.04 Å². The Labute approximate surface area is 114 Å². The fourth-order valence-corrected chi connectivity index (χ4v) is 1.97. The molecule has 19 heavy (non-hydrogen) atoms. The summed E-state index contributed by atoms with van der Waals surface area (Å²) in [5, 5.41) is 3.45. The summed E-state index contributed by atoms with van der Waals surface area (Å²) in [5.41, 5.74) is 1.24. The Kier molecular flexibility index (Phi) is 4.63. The minimum atomic E-state index is 0.279. The zero-order valence-corrected chi connectivity index (χ0v) is 11.8. The van der Waals surface area contributed by atoms with Gasteiger partial charge in [-0.25, -0.2) is 0 Å². The van der Waals surface area contributed by atoms with E-state index in [9.17, 15) is 0 Å². The fourth-order valence-electron chi connectivity index (χ4n) is 1.97. The Morgan fingerprint density at radius 2 is 1.89 bits per heavy atom. The average molecular weight is 259 g/mol. The lowest BCUT2D eigenvalue weighted by atomic mass is 10.1. The van der Waals surface area contributed by atoms with Gasteiger partial charge in [0.15, 0.2) is 0 Å². The second-order valence-corrected chi connectivity index (χ2v) is 4.62. The van der Waals surface area contributed by atoms with Crippen LogP contribution in [-0.4, -0.2) is 6.61 Å². The molecule has 0 aliphatic rings. The van der Waals surface area contributed by atoms with Gasteiger partial charge in [-0.15, -0.1) is 0 Å². The molecule has 0 fully saturated rings. The molecule has 0 radical (unpaired) electrons. The van der Waals surface area contributed by atoms with Crippen molar-refractivity contribution in [3.63, 3.8) is 0 Å². The topological polar surface area (TPSA) is 34.4 Å². The lowest BCUT2D eigenvalue weighted by Crippen LogP contribution is -2.17. The number of ether oxygens (including phenoxy) is 1. The highest BCUT2D eigenvalue weighted by molar-refractivity contribution is 5.29. The third-order valence-electron chi connectivity index (χ3n) is 3.07. The first-order valence-electron chi connectivity index (χ1n) is 6.70. The molecule has 1 N–H and O–H groups in total. The van der Waals surface area contributed by atoms with Crippen LogP contribution in [0.3, 0.4) is 0 Å². The van der Waals surface area contributed by atoms with Crippen LogP contribution in [0.4, 0.5) is 0 Å². The van der Waals surface area contributed by atoms with Crippen molar-refractivity contribution in [2.75, 3.05) is 6.61 Å². The highest BCUT2D eigenvalue weighted by Gasteiger charge is 2.06. The van der Waals surface area contributed by atoms with Gasteiger partial charge in [-0.05, 0) is 50.6 Å². The molecule has 0 amide bonds. The molecule has 1 heterocycles. The van der Waals surface area contributed by atoms with Gasteiger partial charge in [0.05, 0.1) is 13.2 Å². The Bertz CT molecular complexity index is 502. The minimum absolute atomic E-state index is 0.279. The molecule has 0 saturated carbocycles. The lowest BCUT2D eigenvalue weighted by molar-refractivity contribution is 0.340. The monoisotopic (exact) mass is 259 g/mol. The van der Waals surface area contributed by atoms with Crippen molar-refractivity contribution in [2.24, 2.45) is 0 Å². The minimum Gasteiger partial charge on any atom is -0.494 e. The molecule has 1 atom stereocenters. The van der Waals surface area contributed by atoms with Crippen molar-refractivity contribution in [2.45, 2.75) is 33.4 Å². The van der Waals surface area contributed by atoms with Crippen LogP contribution >= 0.6 is 0 Å². The van der Waals surface area contributed by atoms with E-state index in [-0.39, 0.29) is 6.04 Å². The summed E-state index contributed by atoms with van der Waals surface area (Å²) < 4.78 is 11.0. The molecular formula is C16H21NO2.